The van der Waals surface area contributed by atoms with E-state index >= 15 is 0 Å². The molecule has 0 saturated heterocycles. The summed E-state index contributed by atoms with van der Waals surface area (Å²) in [7, 11) is 7.11. The summed E-state index contributed by atoms with van der Waals surface area (Å²) in [6.07, 6.45) is 1.45. The van der Waals surface area contributed by atoms with Crippen molar-refractivity contribution in [2.75, 3.05) is 28.2 Å². The lowest BCUT2D eigenvalue weighted by Crippen LogP contribution is -2.30. The second-order valence-electron chi connectivity index (χ2n) is 3.69. The van der Waals surface area contributed by atoms with Gasteiger partial charge in [0.25, 0.3) is 0 Å². The second-order valence-corrected chi connectivity index (χ2v) is 3.69. The van der Waals surface area contributed by atoms with Crippen molar-refractivity contribution in [3.05, 3.63) is 0 Å². The van der Waals surface area contributed by atoms with Gasteiger partial charge in [0.15, 0.2) is 0 Å². The highest BCUT2D eigenvalue weighted by molar-refractivity contribution is 6.29. The van der Waals surface area contributed by atoms with Gasteiger partial charge in [-0.05, 0) is 6.92 Å². The highest BCUT2D eigenvalue weighted by atomic mass is 15.3. The van der Waals surface area contributed by atoms with Crippen molar-refractivity contribution in [3.8, 4) is 0 Å². The van der Waals surface area contributed by atoms with E-state index in [9.17, 15) is 0 Å². The molecule has 0 rings (SSSR count). The Labute approximate surface area is 101 Å². The van der Waals surface area contributed by atoms with Gasteiger partial charge in [-0.3, -0.25) is 0 Å². The third-order valence-electron chi connectivity index (χ3n) is 1.63. The van der Waals surface area contributed by atoms with E-state index in [0.29, 0.717) is 17.6 Å². The van der Waals surface area contributed by atoms with Gasteiger partial charge in [-0.15, -0.1) is 10.2 Å². The Kier molecular flexibility index (Phi) is 6.30. The number of hydrogen-bond donors (Lipinski definition) is 2. The van der Waals surface area contributed by atoms with Gasteiger partial charge in [0.2, 0.25) is 11.9 Å². The van der Waals surface area contributed by atoms with Gasteiger partial charge in [-0.2, -0.15) is 10.2 Å². The first-order valence-corrected chi connectivity index (χ1v) is 4.93. The molecule has 0 heterocycles. The highest BCUT2D eigenvalue weighted by Gasteiger charge is 1.93. The molecule has 0 bridgehead atoms. The first-order chi connectivity index (χ1) is 7.84. The average Bonchev–Trinajstić information content (AvgIpc) is 2.25. The van der Waals surface area contributed by atoms with Crippen molar-refractivity contribution in [1.29, 1.82) is 0 Å². The van der Waals surface area contributed by atoms with Crippen LogP contribution in [0.5, 0.6) is 0 Å². The number of nitrogens with zero attached hydrogens (tertiary/aromatic N) is 6. The first-order valence-electron chi connectivity index (χ1n) is 4.93. The van der Waals surface area contributed by atoms with Crippen molar-refractivity contribution in [3.63, 3.8) is 0 Å². The zero-order valence-electron chi connectivity index (χ0n) is 10.9. The summed E-state index contributed by atoms with van der Waals surface area (Å²) in [5.41, 5.74) is 11.7. The van der Waals surface area contributed by atoms with Gasteiger partial charge in [-0.1, -0.05) is 0 Å². The topological polar surface area (TPSA) is 108 Å². The van der Waals surface area contributed by atoms with E-state index in [1.54, 1.807) is 44.9 Å². The van der Waals surface area contributed by atoms with Gasteiger partial charge in [0.1, 0.15) is 0 Å². The fourth-order valence-electron chi connectivity index (χ4n) is 0.506. The van der Waals surface area contributed by atoms with Crippen LogP contribution in [0.4, 0.5) is 0 Å². The van der Waals surface area contributed by atoms with Crippen LogP contribution in [0.3, 0.4) is 0 Å². The van der Waals surface area contributed by atoms with Crippen LogP contribution in [0, 0.1) is 0 Å². The second kappa shape index (κ2) is 7.20. The maximum absolute atomic E-state index is 5.55. The van der Waals surface area contributed by atoms with Gasteiger partial charge in [0.05, 0.1) is 11.9 Å². The minimum absolute atomic E-state index is 0.311. The normalized spacial score (nSPS) is 14.3. The molecule has 0 aliphatic heterocycles. The molecule has 0 radical (unpaired) electrons. The predicted molar refractivity (Wildman–Crippen MR) is 72.2 cm³/mol. The molecule has 0 aromatic heterocycles. The molecular weight excluding hydrogens is 220 g/mol. The Hall–Kier alpha value is -2.12. The van der Waals surface area contributed by atoms with E-state index in [-0.39, 0.29) is 0 Å². The predicted octanol–water partition coefficient (Wildman–Crippen LogP) is -0.899. The van der Waals surface area contributed by atoms with Crippen LogP contribution in [0.1, 0.15) is 6.92 Å². The Balaban J connectivity index is 4.50. The third kappa shape index (κ3) is 6.88. The fourth-order valence-corrected chi connectivity index (χ4v) is 0.506. The van der Waals surface area contributed by atoms with Crippen molar-refractivity contribution >= 4 is 23.8 Å². The van der Waals surface area contributed by atoms with Gasteiger partial charge < -0.3 is 21.3 Å². The van der Waals surface area contributed by atoms with E-state index in [2.05, 4.69) is 20.4 Å². The summed E-state index contributed by atoms with van der Waals surface area (Å²) in [6, 6.07) is 0. The molecule has 8 nitrogen and oxygen atoms in total. The lowest BCUT2D eigenvalue weighted by molar-refractivity contribution is 0.611. The monoisotopic (exact) mass is 240 g/mol. The number of hydrogen-bond acceptors (Lipinski definition) is 4. The molecule has 0 spiro atoms. The van der Waals surface area contributed by atoms with E-state index in [1.165, 1.54) is 6.21 Å². The molecule has 0 aromatic rings. The zero-order chi connectivity index (χ0) is 13.4. The number of guanidine groups is 2. The molecule has 8 heteroatoms. The molecule has 0 saturated carbocycles. The van der Waals surface area contributed by atoms with Crippen LogP contribution < -0.4 is 11.5 Å². The minimum atomic E-state index is 0.311. The quantitative estimate of drug-likeness (QED) is 0.378. The summed E-state index contributed by atoms with van der Waals surface area (Å²) in [4.78, 5) is 3.29. The average molecular weight is 240 g/mol. The molecule has 0 aliphatic carbocycles. The van der Waals surface area contributed by atoms with E-state index in [1.807, 2.05) is 0 Å². The standard InChI is InChI=1S/C9H20N8/c1-7(13-15-9(11)17(4)5)6-12-14-8(10)16(2)3/h6H,1-5H3,(H2,10,14)(H2,11,15)/b12-6+,13-7+. The minimum Gasteiger partial charge on any atom is -0.368 e. The summed E-state index contributed by atoms with van der Waals surface area (Å²) in [5.74, 6) is 0.624. The molecule has 0 aromatic carbocycles. The molecule has 96 valence electrons. The summed E-state index contributed by atoms with van der Waals surface area (Å²) < 4.78 is 0. The molecule has 17 heavy (non-hydrogen) atoms. The highest BCUT2D eigenvalue weighted by Crippen LogP contribution is 1.82. The summed E-state index contributed by atoms with van der Waals surface area (Å²) in [5, 5.41) is 15.1. The van der Waals surface area contributed by atoms with Crippen molar-refractivity contribution in [2.45, 2.75) is 6.92 Å². The zero-order valence-corrected chi connectivity index (χ0v) is 10.9. The lowest BCUT2D eigenvalue weighted by Gasteiger charge is -2.08. The Morgan fingerprint density at radius 2 is 1.35 bits per heavy atom. The third-order valence-corrected chi connectivity index (χ3v) is 1.63. The van der Waals surface area contributed by atoms with Gasteiger partial charge in [0, 0.05) is 28.2 Å². The van der Waals surface area contributed by atoms with Crippen molar-refractivity contribution < 1.29 is 0 Å². The molecule has 0 unspecified atom stereocenters. The maximum atomic E-state index is 5.55. The Bertz CT molecular complexity index is 350. The fraction of sp³-hybridized carbons (Fsp3) is 0.556. The van der Waals surface area contributed by atoms with Crippen LogP contribution in [-0.2, 0) is 0 Å². The van der Waals surface area contributed by atoms with E-state index in [0.717, 1.165) is 0 Å². The van der Waals surface area contributed by atoms with Gasteiger partial charge >= 0.3 is 0 Å². The number of nitrogens with two attached hydrogens (primary N) is 2. The van der Waals surface area contributed by atoms with E-state index in [4.69, 9.17) is 11.5 Å². The largest absolute Gasteiger partial charge is 0.368 e. The lowest BCUT2D eigenvalue weighted by atomic mass is 10.5. The molecule has 0 atom stereocenters. The Morgan fingerprint density at radius 1 is 0.882 bits per heavy atom. The first kappa shape index (κ1) is 14.9. The summed E-state index contributed by atoms with van der Waals surface area (Å²) >= 11 is 0. The van der Waals surface area contributed by atoms with Crippen LogP contribution in [-0.4, -0.2) is 61.8 Å². The molecule has 4 N–H and O–H groups in total. The van der Waals surface area contributed by atoms with Crippen LogP contribution in [0.2, 0.25) is 0 Å². The van der Waals surface area contributed by atoms with E-state index < -0.39 is 0 Å². The molecule has 0 aliphatic rings. The van der Waals surface area contributed by atoms with Crippen LogP contribution in [0.15, 0.2) is 20.4 Å². The molecule has 0 amide bonds. The Morgan fingerprint density at radius 3 is 1.82 bits per heavy atom. The smallest absolute Gasteiger partial charge is 0.215 e. The molecule has 0 fully saturated rings. The maximum Gasteiger partial charge on any atom is 0.215 e. The van der Waals surface area contributed by atoms with Gasteiger partial charge in [-0.25, -0.2) is 0 Å². The van der Waals surface area contributed by atoms with Crippen molar-refractivity contribution in [2.24, 2.45) is 31.9 Å². The molecular formula is C9H20N8. The SMILES string of the molecule is CC(/C=N/N=C(\N)N(C)C)=N\N=C(/N)N(C)C. The van der Waals surface area contributed by atoms with Crippen LogP contribution >= 0.6 is 0 Å². The summed E-state index contributed by atoms with van der Waals surface area (Å²) in [6.45, 7) is 1.73. The van der Waals surface area contributed by atoms with Crippen LogP contribution in [0.25, 0.3) is 0 Å². The number of rotatable bonds is 3. The van der Waals surface area contributed by atoms with Crippen molar-refractivity contribution in [1.82, 2.24) is 9.80 Å².